The van der Waals surface area contributed by atoms with Crippen LogP contribution in [0.4, 0.5) is 0 Å². The van der Waals surface area contributed by atoms with Crippen LogP contribution in [0, 0.1) is 0 Å². The average molecular weight is 281 g/mol. The van der Waals surface area contributed by atoms with Crippen LogP contribution in [0.15, 0.2) is 24.3 Å². The summed E-state index contributed by atoms with van der Waals surface area (Å²) in [5, 5.41) is 0. The molecule has 0 aromatic carbocycles. The summed E-state index contributed by atoms with van der Waals surface area (Å²) in [5.41, 5.74) is 0. The Kier molecular flexibility index (Phi) is 25.7. The minimum absolute atomic E-state index is 1.23. The molecule has 20 heavy (non-hydrogen) atoms. The number of allylic oxidation sites excluding steroid dienone is 4. The summed E-state index contributed by atoms with van der Waals surface area (Å²) in [6, 6.07) is 0. The van der Waals surface area contributed by atoms with Crippen LogP contribution in [-0.4, -0.2) is 0 Å². The van der Waals surface area contributed by atoms with Crippen molar-refractivity contribution >= 4 is 0 Å². The van der Waals surface area contributed by atoms with Crippen LogP contribution in [0.1, 0.15) is 105 Å². The molecule has 1 aliphatic rings. The molecule has 0 N–H and O–H groups in total. The van der Waals surface area contributed by atoms with Crippen LogP contribution >= 0.6 is 0 Å². The topological polar surface area (TPSA) is 0 Å². The lowest BCUT2D eigenvalue weighted by Crippen LogP contribution is -1.71. The summed E-state index contributed by atoms with van der Waals surface area (Å²) in [6.45, 7) is 8.93. The van der Waals surface area contributed by atoms with Crippen LogP contribution in [0.5, 0.6) is 0 Å². The van der Waals surface area contributed by atoms with Crippen LogP contribution in [-0.2, 0) is 0 Å². The SMILES string of the molecule is C1=CCC/C=C\CC1.CCCCCC.CCCCCC. The Labute approximate surface area is 129 Å². The van der Waals surface area contributed by atoms with Gasteiger partial charge in [-0.05, 0) is 25.7 Å². The lowest BCUT2D eigenvalue weighted by Gasteiger charge is -1.92. The molecule has 0 amide bonds. The molecule has 1 aliphatic carbocycles. The van der Waals surface area contributed by atoms with Crippen molar-refractivity contribution in [3.63, 3.8) is 0 Å². The molecular formula is C20H40. The molecular weight excluding hydrogens is 240 g/mol. The first kappa shape index (κ1) is 21.8. The largest absolute Gasteiger partial charge is 0.0882 e. The van der Waals surface area contributed by atoms with E-state index in [1.165, 1.54) is 77.0 Å². The Bertz CT molecular complexity index is 146. The molecule has 1 rings (SSSR count). The van der Waals surface area contributed by atoms with E-state index < -0.39 is 0 Å². The molecule has 0 aromatic heterocycles. The maximum absolute atomic E-state index is 2.27. The molecule has 0 heterocycles. The van der Waals surface area contributed by atoms with Crippen LogP contribution < -0.4 is 0 Å². The third kappa shape index (κ3) is 26.1. The summed E-state index contributed by atoms with van der Waals surface area (Å²) in [7, 11) is 0. The van der Waals surface area contributed by atoms with E-state index in [1.807, 2.05) is 0 Å². The molecule has 120 valence electrons. The Morgan fingerprint density at radius 3 is 0.800 bits per heavy atom. The number of hydrogen-bond donors (Lipinski definition) is 0. The zero-order valence-electron chi connectivity index (χ0n) is 14.8. The van der Waals surface area contributed by atoms with E-state index in [2.05, 4.69) is 52.0 Å². The van der Waals surface area contributed by atoms with Gasteiger partial charge in [-0.15, -0.1) is 0 Å². The van der Waals surface area contributed by atoms with Gasteiger partial charge < -0.3 is 0 Å². The van der Waals surface area contributed by atoms with Crippen LogP contribution in [0.3, 0.4) is 0 Å². The molecule has 0 aliphatic heterocycles. The fourth-order valence-corrected chi connectivity index (χ4v) is 1.86. The Hall–Kier alpha value is -0.520. The van der Waals surface area contributed by atoms with Gasteiger partial charge in [0.1, 0.15) is 0 Å². The highest BCUT2D eigenvalue weighted by Gasteiger charge is 1.82. The molecule has 0 bridgehead atoms. The van der Waals surface area contributed by atoms with Gasteiger partial charge in [-0.3, -0.25) is 0 Å². The first-order valence-electron chi connectivity index (χ1n) is 9.13. The quantitative estimate of drug-likeness (QED) is 0.343. The number of rotatable bonds is 6. The highest BCUT2D eigenvalue weighted by molar-refractivity contribution is 4.93. The minimum Gasteiger partial charge on any atom is -0.0882 e. The fraction of sp³-hybridized carbons (Fsp3) is 0.800. The van der Waals surface area contributed by atoms with Crippen molar-refractivity contribution in [1.82, 2.24) is 0 Å². The second-order valence-electron chi connectivity index (χ2n) is 5.51. The van der Waals surface area contributed by atoms with Gasteiger partial charge in [0.2, 0.25) is 0 Å². The fourth-order valence-electron chi connectivity index (χ4n) is 1.86. The number of unbranched alkanes of at least 4 members (excludes halogenated alkanes) is 6. The zero-order chi connectivity index (χ0) is 15.3. The summed E-state index contributed by atoms with van der Waals surface area (Å²) < 4.78 is 0. The van der Waals surface area contributed by atoms with Gasteiger partial charge >= 0.3 is 0 Å². The zero-order valence-corrected chi connectivity index (χ0v) is 14.8. The maximum Gasteiger partial charge on any atom is -0.0316 e. The molecule has 0 saturated heterocycles. The van der Waals surface area contributed by atoms with Crippen molar-refractivity contribution in [2.75, 3.05) is 0 Å². The van der Waals surface area contributed by atoms with Crippen molar-refractivity contribution < 1.29 is 0 Å². The average Bonchev–Trinajstić information content (AvgIpc) is 2.43. The van der Waals surface area contributed by atoms with Gasteiger partial charge in [-0.2, -0.15) is 0 Å². The van der Waals surface area contributed by atoms with Gasteiger partial charge in [0.25, 0.3) is 0 Å². The third-order valence-electron chi connectivity index (χ3n) is 3.25. The molecule has 0 fully saturated rings. The molecule has 0 saturated carbocycles. The van der Waals surface area contributed by atoms with Crippen LogP contribution in [0.2, 0.25) is 0 Å². The van der Waals surface area contributed by atoms with Crippen molar-refractivity contribution in [3.05, 3.63) is 24.3 Å². The lowest BCUT2D eigenvalue weighted by atomic mass is 10.1. The molecule has 0 spiro atoms. The molecule has 0 nitrogen and oxygen atoms in total. The highest BCUT2D eigenvalue weighted by Crippen LogP contribution is 2.02. The standard InChI is InChI=1S/C8H12.2C6H14/c1-2-4-6-8-7-5-3-1;2*1-3-5-6-4-2/h1-2,7-8H,3-6H2;2*3-6H2,1-2H3/b2-1-,8-7?;;. The Morgan fingerprint density at radius 1 is 0.450 bits per heavy atom. The van der Waals surface area contributed by atoms with Gasteiger partial charge in [0.15, 0.2) is 0 Å². The van der Waals surface area contributed by atoms with Gasteiger partial charge in [0, 0.05) is 0 Å². The van der Waals surface area contributed by atoms with Crippen molar-refractivity contribution in [2.24, 2.45) is 0 Å². The molecule has 0 radical (unpaired) electrons. The van der Waals surface area contributed by atoms with Gasteiger partial charge in [-0.25, -0.2) is 0 Å². The molecule has 0 unspecified atom stereocenters. The van der Waals surface area contributed by atoms with Crippen molar-refractivity contribution in [3.8, 4) is 0 Å². The van der Waals surface area contributed by atoms with Crippen molar-refractivity contribution in [2.45, 2.75) is 105 Å². The summed E-state index contributed by atoms with van der Waals surface area (Å²) in [4.78, 5) is 0. The predicted octanol–water partition coefficient (Wildman–Crippen LogP) is 7.85. The summed E-state index contributed by atoms with van der Waals surface area (Å²) >= 11 is 0. The second-order valence-corrected chi connectivity index (χ2v) is 5.51. The Balaban J connectivity index is 0. The smallest absolute Gasteiger partial charge is 0.0316 e. The monoisotopic (exact) mass is 280 g/mol. The van der Waals surface area contributed by atoms with Gasteiger partial charge in [0.05, 0.1) is 0 Å². The van der Waals surface area contributed by atoms with E-state index in [1.54, 1.807) is 0 Å². The summed E-state index contributed by atoms with van der Waals surface area (Å²) in [6.07, 6.45) is 25.1. The second kappa shape index (κ2) is 23.6. The van der Waals surface area contributed by atoms with Crippen molar-refractivity contribution in [1.29, 1.82) is 0 Å². The van der Waals surface area contributed by atoms with E-state index in [9.17, 15) is 0 Å². The normalized spacial score (nSPS) is 15.0. The van der Waals surface area contributed by atoms with E-state index in [0.29, 0.717) is 0 Å². The highest BCUT2D eigenvalue weighted by atomic mass is 13.9. The lowest BCUT2D eigenvalue weighted by molar-refractivity contribution is 0.702. The predicted molar refractivity (Wildman–Crippen MR) is 96.4 cm³/mol. The molecule has 0 aromatic rings. The third-order valence-corrected chi connectivity index (χ3v) is 3.25. The first-order valence-corrected chi connectivity index (χ1v) is 9.13. The maximum atomic E-state index is 2.27. The van der Waals surface area contributed by atoms with Gasteiger partial charge in [-0.1, -0.05) is 103 Å². The van der Waals surface area contributed by atoms with E-state index in [0.717, 1.165) is 0 Å². The minimum atomic E-state index is 1.23. The first-order chi connectivity index (χ1) is 9.83. The number of hydrogen-bond acceptors (Lipinski definition) is 0. The molecule has 0 heteroatoms. The van der Waals surface area contributed by atoms with Crippen LogP contribution in [0.25, 0.3) is 0 Å². The van der Waals surface area contributed by atoms with E-state index >= 15 is 0 Å². The summed E-state index contributed by atoms with van der Waals surface area (Å²) in [5.74, 6) is 0. The van der Waals surface area contributed by atoms with E-state index in [4.69, 9.17) is 0 Å². The Morgan fingerprint density at radius 2 is 0.650 bits per heavy atom. The molecule has 0 atom stereocenters. The van der Waals surface area contributed by atoms with E-state index in [-0.39, 0.29) is 0 Å².